The molecule has 0 fully saturated rings. The van der Waals surface area contributed by atoms with Crippen LogP contribution in [0.1, 0.15) is 0 Å². The average Bonchev–Trinajstić information content (AvgIpc) is 3.42. The van der Waals surface area contributed by atoms with Crippen molar-refractivity contribution in [1.82, 2.24) is 0 Å². The van der Waals surface area contributed by atoms with Crippen LogP contribution in [0.3, 0.4) is 0 Å². The standard InChI is InChI=1S/C38H27P/c1-6-16-27(17-7-1)32-26-33-37(35(29-20-10-3-11-21-29)34(32)28-18-8-2-9-19-28)36(30-22-12-4-13-23-30)38(39-33)31-24-14-5-15-25-31/h1-26,39H. The Morgan fingerprint density at radius 3 is 1.21 bits per heavy atom. The smallest absolute Gasteiger partial charge is 0.00725 e. The van der Waals surface area contributed by atoms with Crippen LogP contribution < -0.4 is 0 Å². The molecule has 7 rings (SSSR count). The lowest BCUT2D eigenvalue weighted by Crippen LogP contribution is -1.93. The molecule has 1 aromatic heterocycles. The monoisotopic (exact) mass is 514 g/mol. The lowest BCUT2D eigenvalue weighted by atomic mass is 9.83. The quantitative estimate of drug-likeness (QED) is 0.214. The van der Waals surface area contributed by atoms with Crippen molar-refractivity contribution in [3.05, 3.63) is 158 Å². The Kier molecular flexibility index (Phi) is 6.17. The Labute approximate surface area is 231 Å². The summed E-state index contributed by atoms with van der Waals surface area (Å²) in [4.78, 5) is 0. The summed E-state index contributed by atoms with van der Waals surface area (Å²) in [5, 5.41) is 4.19. The number of hydrogen-bond acceptors (Lipinski definition) is 0. The molecule has 0 aliphatic heterocycles. The van der Waals surface area contributed by atoms with E-state index in [0.717, 1.165) is 0 Å². The van der Waals surface area contributed by atoms with Crippen LogP contribution in [0.4, 0.5) is 0 Å². The Hall–Kier alpha value is -4.64. The van der Waals surface area contributed by atoms with Gasteiger partial charge in [0.2, 0.25) is 0 Å². The Balaban J connectivity index is 1.71. The lowest BCUT2D eigenvalue weighted by Gasteiger charge is -2.19. The molecule has 184 valence electrons. The van der Waals surface area contributed by atoms with E-state index in [2.05, 4.69) is 158 Å². The molecule has 7 aromatic rings. The molecular weight excluding hydrogens is 487 g/mol. The van der Waals surface area contributed by atoms with E-state index in [1.54, 1.807) is 0 Å². The maximum atomic E-state index is 2.47. The summed E-state index contributed by atoms with van der Waals surface area (Å²) in [6, 6.07) is 57.1. The van der Waals surface area contributed by atoms with Gasteiger partial charge in [-0.1, -0.05) is 152 Å². The minimum absolute atomic E-state index is 0.570. The molecule has 0 nitrogen and oxygen atoms in total. The largest absolute Gasteiger partial charge is 0.123 e. The van der Waals surface area contributed by atoms with Crippen molar-refractivity contribution in [2.75, 3.05) is 0 Å². The third-order valence-electron chi connectivity index (χ3n) is 7.42. The second-order valence-electron chi connectivity index (χ2n) is 9.80. The van der Waals surface area contributed by atoms with Crippen molar-refractivity contribution in [3.63, 3.8) is 0 Å². The summed E-state index contributed by atoms with van der Waals surface area (Å²) < 4.78 is 0. The van der Waals surface area contributed by atoms with Crippen molar-refractivity contribution in [2.24, 2.45) is 0 Å². The molecule has 1 heterocycles. The number of benzene rings is 6. The molecule has 1 unspecified atom stereocenters. The molecule has 0 amide bonds. The molecule has 0 saturated carbocycles. The second-order valence-corrected chi connectivity index (χ2v) is 11.1. The Bertz CT molecular complexity index is 1850. The Morgan fingerprint density at radius 2 is 0.718 bits per heavy atom. The SMILES string of the molecule is c1ccc(-c2cc3[pH]c(-c4ccccc4)c(-c4ccccc4)c3c(-c3ccccc3)c2-c2ccccc2)cc1. The zero-order valence-corrected chi connectivity index (χ0v) is 22.5. The van der Waals surface area contributed by atoms with Crippen LogP contribution in [-0.4, -0.2) is 0 Å². The maximum absolute atomic E-state index is 2.47. The highest BCUT2D eigenvalue weighted by atomic mass is 31.0. The van der Waals surface area contributed by atoms with Crippen LogP contribution >= 0.6 is 8.19 Å². The first kappa shape index (κ1) is 23.5. The maximum Gasteiger partial charge on any atom is 0.00725 e. The van der Waals surface area contributed by atoms with Crippen molar-refractivity contribution < 1.29 is 0 Å². The molecular formula is C38H27P. The topological polar surface area (TPSA) is 0 Å². The van der Waals surface area contributed by atoms with Gasteiger partial charge in [0.25, 0.3) is 0 Å². The highest BCUT2D eigenvalue weighted by Gasteiger charge is 2.24. The van der Waals surface area contributed by atoms with Gasteiger partial charge in [0.15, 0.2) is 0 Å². The molecule has 1 heteroatoms. The second kappa shape index (κ2) is 10.3. The van der Waals surface area contributed by atoms with E-state index >= 15 is 0 Å². The van der Waals surface area contributed by atoms with Gasteiger partial charge in [0.1, 0.15) is 0 Å². The molecule has 0 bridgehead atoms. The highest BCUT2D eigenvalue weighted by Crippen LogP contribution is 2.55. The van der Waals surface area contributed by atoms with Crippen LogP contribution in [0.25, 0.3) is 65.9 Å². The molecule has 0 aliphatic carbocycles. The van der Waals surface area contributed by atoms with Crippen LogP contribution in [0.5, 0.6) is 0 Å². The van der Waals surface area contributed by atoms with E-state index in [1.807, 2.05) is 0 Å². The summed E-state index contributed by atoms with van der Waals surface area (Å²) in [6.07, 6.45) is 0. The van der Waals surface area contributed by atoms with E-state index in [1.165, 1.54) is 65.9 Å². The van der Waals surface area contributed by atoms with Gasteiger partial charge in [-0.2, -0.15) is 0 Å². The average molecular weight is 515 g/mol. The van der Waals surface area contributed by atoms with Crippen molar-refractivity contribution >= 4 is 18.7 Å². The fourth-order valence-electron chi connectivity index (χ4n) is 5.72. The lowest BCUT2D eigenvalue weighted by molar-refractivity contribution is 1.59. The third kappa shape index (κ3) is 4.30. The predicted octanol–water partition coefficient (Wildman–Crippen LogP) is 11.2. The van der Waals surface area contributed by atoms with Crippen LogP contribution in [0.2, 0.25) is 0 Å². The molecule has 1 atom stereocenters. The highest BCUT2D eigenvalue weighted by molar-refractivity contribution is 7.41. The van der Waals surface area contributed by atoms with E-state index in [-0.39, 0.29) is 0 Å². The van der Waals surface area contributed by atoms with Crippen LogP contribution in [0, 0.1) is 0 Å². The number of rotatable bonds is 5. The number of fused-ring (bicyclic) bond motifs is 1. The normalized spacial score (nSPS) is 11.3. The number of hydrogen-bond donors (Lipinski definition) is 0. The molecule has 0 aliphatic rings. The van der Waals surface area contributed by atoms with E-state index < -0.39 is 0 Å². The van der Waals surface area contributed by atoms with Gasteiger partial charge in [0.05, 0.1) is 0 Å². The summed E-state index contributed by atoms with van der Waals surface area (Å²) in [5.74, 6) is 0. The molecule has 39 heavy (non-hydrogen) atoms. The molecule has 0 N–H and O–H groups in total. The zero-order valence-electron chi connectivity index (χ0n) is 21.5. The first-order valence-corrected chi connectivity index (χ1v) is 14.4. The summed E-state index contributed by atoms with van der Waals surface area (Å²) in [6.45, 7) is 0. The van der Waals surface area contributed by atoms with Crippen LogP contribution in [0.15, 0.2) is 158 Å². The van der Waals surface area contributed by atoms with E-state index in [0.29, 0.717) is 8.19 Å². The fourth-order valence-corrected chi connectivity index (χ4v) is 7.29. The third-order valence-corrected chi connectivity index (χ3v) is 8.87. The summed E-state index contributed by atoms with van der Waals surface area (Å²) in [7, 11) is 0.570. The minimum Gasteiger partial charge on any atom is -0.123 e. The van der Waals surface area contributed by atoms with Gasteiger partial charge in [-0.3, -0.25) is 0 Å². The van der Waals surface area contributed by atoms with Gasteiger partial charge in [-0.15, -0.1) is 8.19 Å². The van der Waals surface area contributed by atoms with Gasteiger partial charge in [-0.25, -0.2) is 0 Å². The van der Waals surface area contributed by atoms with E-state index in [4.69, 9.17) is 0 Å². The van der Waals surface area contributed by atoms with Crippen molar-refractivity contribution in [2.45, 2.75) is 0 Å². The van der Waals surface area contributed by atoms with Crippen LogP contribution in [-0.2, 0) is 0 Å². The zero-order chi connectivity index (χ0) is 26.0. The van der Waals surface area contributed by atoms with Gasteiger partial charge < -0.3 is 0 Å². The minimum atomic E-state index is 0.570. The Morgan fingerprint density at radius 1 is 0.333 bits per heavy atom. The van der Waals surface area contributed by atoms with Crippen molar-refractivity contribution in [3.8, 4) is 55.4 Å². The molecule has 6 aromatic carbocycles. The first-order chi connectivity index (χ1) is 19.4. The summed E-state index contributed by atoms with van der Waals surface area (Å²) >= 11 is 0. The van der Waals surface area contributed by atoms with Gasteiger partial charge in [-0.05, 0) is 50.6 Å². The fraction of sp³-hybridized carbons (Fsp3) is 0. The molecule has 0 radical (unpaired) electrons. The van der Waals surface area contributed by atoms with Gasteiger partial charge in [0, 0.05) is 21.4 Å². The first-order valence-electron chi connectivity index (χ1n) is 13.4. The van der Waals surface area contributed by atoms with Crippen molar-refractivity contribution in [1.29, 1.82) is 0 Å². The van der Waals surface area contributed by atoms with Gasteiger partial charge >= 0.3 is 0 Å². The summed E-state index contributed by atoms with van der Waals surface area (Å²) in [5.41, 5.74) is 11.5. The molecule has 0 saturated heterocycles. The predicted molar refractivity (Wildman–Crippen MR) is 171 cm³/mol. The molecule has 0 spiro atoms. The van der Waals surface area contributed by atoms with E-state index in [9.17, 15) is 0 Å².